The van der Waals surface area contributed by atoms with Gasteiger partial charge >= 0.3 is 12.0 Å². The number of halogens is 5. The van der Waals surface area contributed by atoms with E-state index in [1.54, 1.807) is 18.9 Å². The van der Waals surface area contributed by atoms with Crippen LogP contribution in [-0.2, 0) is 9.59 Å². The molecule has 2 heterocycles. The second kappa shape index (κ2) is 16.9. The first-order valence-corrected chi connectivity index (χ1v) is 17.0. The molecule has 0 spiro atoms. The third-order valence-electron chi connectivity index (χ3n) is 8.94. The van der Waals surface area contributed by atoms with Gasteiger partial charge in [-0.2, -0.15) is 8.78 Å². The monoisotopic (exact) mass is 734 g/mol. The third kappa shape index (κ3) is 8.71. The van der Waals surface area contributed by atoms with Crippen LogP contribution in [0.25, 0.3) is 0 Å². The molecule has 1 aromatic carbocycles. The van der Waals surface area contributed by atoms with Crippen molar-refractivity contribution in [3.8, 4) is 5.75 Å². The number of aromatic nitrogens is 1. The van der Waals surface area contributed by atoms with Crippen LogP contribution >= 0.6 is 11.3 Å². The van der Waals surface area contributed by atoms with E-state index in [1.165, 1.54) is 4.90 Å². The molecule has 2 aromatic rings. The van der Waals surface area contributed by atoms with Gasteiger partial charge in [0.1, 0.15) is 11.0 Å². The van der Waals surface area contributed by atoms with Gasteiger partial charge in [0.2, 0.25) is 46.6 Å². The van der Waals surface area contributed by atoms with Gasteiger partial charge in [-0.25, -0.2) is 27.7 Å². The van der Waals surface area contributed by atoms with Crippen LogP contribution < -0.4 is 20.7 Å². The number of likely N-dealkylation sites (tertiary alicyclic amines) is 1. The van der Waals surface area contributed by atoms with Crippen LogP contribution in [0.4, 0.5) is 26.7 Å². The predicted octanol–water partition coefficient (Wildman–Crippen LogP) is 5.31. The molecule has 278 valence electrons. The molecule has 3 N–H and O–H groups in total. The number of thiazole rings is 1. The second-order valence-electron chi connectivity index (χ2n) is 12.6. The Morgan fingerprint density at radius 1 is 1.06 bits per heavy atom. The fraction of sp³-hybridized carbons (Fsp3) is 0.606. The lowest BCUT2D eigenvalue weighted by atomic mass is 9.91. The summed E-state index contributed by atoms with van der Waals surface area (Å²) in [4.78, 5) is 60.7. The number of carbonyl (C=O) groups is 4. The number of hydrogen-bond acceptors (Lipinski definition) is 8. The van der Waals surface area contributed by atoms with Crippen molar-refractivity contribution in [1.29, 1.82) is 0 Å². The van der Waals surface area contributed by atoms with Crippen LogP contribution in [-0.4, -0.2) is 83.4 Å². The first-order chi connectivity index (χ1) is 24.5. The number of benzene rings is 1. The highest BCUT2D eigenvalue weighted by molar-refractivity contribution is 7.09. The zero-order valence-electron chi connectivity index (χ0n) is 30.8. The molecule has 3 rings (SSSR count). The van der Waals surface area contributed by atoms with E-state index in [9.17, 15) is 41.1 Å². The minimum Gasteiger partial charge on any atom is -0.415 e. The number of ether oxygens (including phenoxy) is 1. The van der Waals surface area contributed by atoms with Crippen molar-refractivity contribution in [2.24, 2.45) is 11.8 Å². The standard InChI is InChI=1S/C33H45F5N6O5S/c1-9-17(5)26(42-31(47)33(6)12-11-13-43(33)7)29(45)44(8)20(16(3)4)14-18(41-32(48)39-10-2)28-40-19(15-50-28)30(46)49-27-24(37)22(35)21(34)23(36)25(27)38/h15-18,20,26H,9-14H2,1-8H3,(H,42,47)(H2,39,41,48)/t17-,18+,20+,26-,33-/m0/s1/i6D,7D. The molecule has 0 aliphatic carbocycles. The number of hydrogen-bond donors (Lipinski definition) is 3. The van der Waals surface area contributed by atoms with Gasteiger partial charge in [-0.15, -0.1) is 11.3 Å². The van der Waals surface area contributed by atoms with Crippen molar-refractivity contribution < 1.29 is 48.6 Å². The predicted molar refractivity (Wildman–Crippen MR) is 176 cm³/mol. The molecule has 1 saturated heterocycles. The Bertz CT molecular complexity index is 1590. The summed E-state index contributed by atoms with van der Waals surface area (Å²) in [6, 6.07) is -3.19. The number of rotatable bonds is 14. The Balaban J connectivity index is 1.92. The molecule has 5 atom stereocenters. The Kier molecular flexibility index (Phi) is 12.6. The normalized spacial score (nSPS) is 19.2. The first-order valence-electron chi connectivity index (χ1n) is 17.5. The highest BCUT2D eigenvalue weighted by Crippen LogP contribution is 2.32. The molecule has 1 aromatic heterocycles. The molecule has 50 heavy (non-hydrogen) atoms. The highest BCUT2D eigenvalue weighted by atomic mass is 32.1. The lowest BCUT2D eigenvalue weighted by Gasteiger charge is -2.38. The Morgan fingerprint density at radius 3 is 2.26 bits per heavy atom. The summed E-state index contributed by atoms with van der Waals surface area (Å²) in [5.74, 6) is -16.5. The molecule has 1 fully saturated rings. The molecular weight excluding hydrogens is 687 g/mol. The molecule has 0 saturated carbocycles. The second-order valence-corrected chi connectivity index (χ2v) is 13.5. The first kappa shape index (κ1) is 37.4. The molecule has 0 unspecified atom stereocenters. The third-order valence-corrected chi connectivity index (χ3v) is 9.90. The maximum Gasteiger partial charge on any atom is 0.363 e. The van der Waals surface area contributed by atoms with Gasteiger partial charge in [-0.3, -0.25) is 14.5 Å². The van der Waals surface area contributed by atoms with Crippen molar-refractivity contribution >= 4 is 35.2 Å². The van der Waals surface area contributed by atoms with E-state index in [1.807, 2.05) is 27.7 Å². The van der Waals surface area contributed by atoms with E-state index in [0.717, 1.165) is 16.7 Å². The lowest BCUT2D eigenvalue weighted by molar-refractivity contribution is -0.142. The summed E-state index contributed by atoms with van der Waals surface area (Å²) in [6.07, 6.45) is 1.57. The van der Waals surface area contributed by atoms with Gasteiger partial charge in [-0.1, -0.05) is 34.1 Å². The van der Waals surface area contributed by atoms with Crippen LogP contribution in [0.5, 0.6) is 5.75 Å². The van der Waals surface area contributed by atoms with Crippen molar-refractivity contribution in [2.75, 3.05) is 27.2 Å². The number of amides is 4. The summed E-state index contributed by atoms with van der Waals surface area (Å²) in [6.45, 7) is 9.49. The molecule has 0 bridgehead atoms. The Hall–Kier alpha value is -3.86. The summed E-state index contributed by atoms with van der Waals surface area (Å²) in [5, 5.41) is 9.44. The van der Waals surface area contributed by atoms with Gasteiger partial charge in [0.05, 0.1) is 11.6 Å². The van der Waals surface area contributed by atoms with Crippen LogP contribution in [0.1, 0.15) is 91.5 Å². The van der Waals surface area contributed by atoms with Crippen molar-refractivity contribution in [2.45, 2.75) is 90.9 Å². The minimum absolute atomic E-state index is 0.0289. The summed E-state index contributed by atoms with van der Waals surface area (Å²) >= 11 is 0.841. The fourth-order valence-corrected chi connectivity index (χ4v) is 6.46. The lowest BCUT2D eigenvalue weighted by Crippen LogP contribution is -2.60. The van der Waals surface area contributed by atoms with Crippen LogP contribution in [0.15, 0.2) is 5.38 Å². The Labute approximate surface area is 295 Å². The van der Waals surface area contributed by atoms with Crippen LogP contribution in [0.2, 0.25) is 0 Å². The topological polar surface area (TPSA) is 133 Å². The van der Waals surface area contributed by atoms with Gasteiger partial charge in [0.15, 0.2) is 5.69 Å². The summed E-state index contributed by atoms with van der Waals surface area (Å²) in [5.41, 5.74) is -1.78. The SMILES string of the molecule is [2H]CN1CCC[C@@]1(C[2H])C(=O)N[C@H](C(=O)N(C)[C@H](C[C@@H](NC(=O)NCC)c1nc(C(=O)Oc2c(F)c(F)c(F)c(F)c2F)cs1)C(C)C)[C@@H](C)CC. The molecule has 1 aliphatic heterocycles. The number of likely N-dealkylation sites (N-methyl/N-ethyl adjacent to an activating group) is 2. The van der Waals surface area contributed by atoms with E-state index in [0.29, 0.717) is 25.8 Å². The van der Waals surface area contributed by atoms with Crippen LogP contribution in [0.3, 0.4) is 0 Å². The zero-order chi connectivity index (χ0) is 39.1. The number of carbonyl (C=O) groups excluding carboxylic acids is 4. The molecule has 4 amide bonds. The number of nitrogens with one attached hydrogen (secondary N) is 3. The van der Waals surface area contributed by atoms with Gasteiger partial charge in [0.25, 0.3) is 0 Å². The van der Waals surface area contributed by atoms with E-state index >= 15 is 0 Å². The van der Waals surface area contributed by atoms with E-state index < -0.39 is 88.0 Å². The largest absolute Gasteiger partial charge is 0.415 e. The average molecular weight is 735 g/mol. The fourth-order valence-electron chi connectivity index (χ4n) is 5.60. The van der Waals surface area contributed by atoms with E-state index in [4.69, 9.17) is 2.74 Å². The van der Waals surface area contributed by atoms with Crippen LogP contribution in [0, 0.1) is 40.9 Å². The van der Waals surface area contributed by atoms with Gasteiger partial charge in [0, 0.05) is 27.8 Å². The molecule has 0 radical (unpaired) electrons. The highest BCUT2D eigenvalue weighted by Gasteiger charge is 2.44. The van der Waals surface area contributed by atoms with E-state index in [-0.39, 0.29) is 43.7 Å². The van der Waals surface area contributed by atoms with Gasteiger partial charge < -0.3 is 25.6 Å². The van der Waals surface area contributed by atoms with Crippen molar-refractivity contribution in [3.63, 3.8) is 0 Å². The van der Waals surface area contributed by atoms with E-state index in [2.05, 4.69) is 25.7 Å². The smallest absolute Gasteiger partial charge is 0.363 e. The molecule has 17 heteroatoms. The Morgan fingerprint density at radius 2 is 1.70 bits per heavy atom. The quantitative estimate of drug-likeness (QED) is 0.0789. The molecular formula is C33H45F5N6O5S. The summed E-state index contributed by atoms with van der Waals surface area (Å²) < 4.78 is 89.8. The molecule has 11 nitrogen and oxygen atoms in total. The summed E-state index contributed by atoms with van der Waals surface area (Å²) in [7, 11) is 1.38. The van der Waals surface area contributed by atoms with Crippen molar-refractivity contribution in [3.05, 3.63) is 45.2 Å². The maximum atomic E-state index is 14.2. The van der Waals surface area contributed by atoms with Gasteiger partial charge in [-0.05, 0) is 58.5 Å². The number of esters is 1. The molecule has 1 aliphatic rings. The minimum atomic E-state index is -2.42. The number of urea groups is 1. The van der Waals surface area contributed by atoms with Crippen molar-refractivity contribution in [1.82, 2.24) is 30.7 Å². The zero-order valence-corrected chi connectivity index (χ0v) is 29.6. The maximum absolute atomic E-state index is 14.2. The number of nitrogens with zero attached hydrogens (tertiary/aromatic N) is 3. The average Bonchev–Trinajstić information content (AvgIpc) is 3.80.